The molecule has 2 aromatic rings. The van der Waals surface area contributed by atoms with Crippen molar-refractivity contribution < 1.29 is 18.7 Å². The summed E-state index contributed by atoms with van der Waals surface area (Å²) in [5.74, 6) is 1.38. The molecule has 1 heterocycles. The lowest BCUT2D eigenvalue weighted by molar-refractivity contribution is 0.0741. The van der Waals surface area contributed by atoms with Crippen molar-refractivity contribution in [2.45, 2.75) is 13.0 Å². The second-order valence-corrected chi connectivity index (χ2v) is 5.81. The van der Waals surface area contributed by atoms with E-state index < -0.39 is 5.82 Å². The largest absolute Gasteiger partial charge is 0.497 e. The van der Waals surface area contributed by atoms with Gasteiger partial charge in [-0.15, -0.1) is 0 Å². The van der Waals surface area contributed by atoms with Gasteiger partial charge in [0.15, 0.2) is 0 Å². The SMILES string of the molecule is COc1cc(CN=C2CCN(C(=O)c3cccc(F)c3)N2)cc(OC)c1. The first-order valence-electron chi connectivity index (χ1n) is 8.18. The summed E-state index contributed by atoms with van der Waals surface area (Å²) in [5, 5.41) is 1.44. The molecular formula is C19H20FN3O3. The Kier molecular flexibility index (Phi) is 5.36. The number of nitrogens with one attached hydrogen (secondary N) is 1. The average molecular weight is 357 g/mol. The molecule has 1 saturated heterocycles. The number of amides is 1. The normalized spacial score (nSPS) is 15.0. The van der Waals surface area contributed by atoms with Gasteiger partial charge in [-0.3, -0.25) is 20.2 Å². The maximum Gasteiger partial charge on any atom is 0.272 e. The molecule has 0 aromatic heterocycles. The first-order chi connectivity index (χ1) is 12.6. The number of ether oxygens (including phenoxy) is 2. The van der Waals surface area contributed by atoms with Gasteiger partial charge in [-0.05, 0) is 35.9 Å². The minimum Gasteiger partial charge on any atom is -0.497 e. The summed E-state index contributed by atoms with van der Waals surface area (Å²) in [5.41, 5.74) is 4.22. The molecule has 3 rings (SSSR count). The number of hydrogen-bond donors (Lipinski definition) is 1. The molecule has 0 saturated carbocycles. The van der Waals surface area contributed by atoms with Crippen molar-refractivity contribution in [3.8, 4) is 11.5 Å². The molecule has 1 aliphatic rings. The lowest BCUT2D eigenvalue weighted by Gasteiger charge is -2.15. The molecule has 1 amide bonds. The maximum atomic E-state index is 13.3. The van der Waals surface area contributed by atoms with E-state index in [1.807, 2.05) is 12.1 Å². The second kappa shape index (κ2) is 7.86. The van der Waals surface area contributed by atoms with Gasteiger partial charge in [-0.25, -0.2) is 4.39 Å². The van der Waals surface area contributed by atoms with E-state index in [9.17, 15) is 9.18 Å². The van der Waals surface area contributed by atoms with Crippen LogP contribution in [-0.4, -0.2) is 37.5 Å². The van der Waals surface area contributed by atoms with Gasteiger partial charge < -0.3 is 9.47 Å². The standard InChI is InChI=1S/C19H20FN3O3/c1-25-16-8-13(9-17(11-16)26-2)12-21-18-6-7-23(22-18)19(24)14-4-3-5-15(20)10-14/h3-5,8-11H,6-7,12H2,1-2H3,(H,21,22). The van der Waals surface area contributed by atoms with Crippen molar-refractivity contribution >= 4 is 11.7 Å². The minimum absolute atomic E-state index is 0.280. The molecule has 136 valence electrons. The molecule has 0 unspecified atom stereocenters. The summed E-state index contributed by atoms with van der Waals surface area (Å²) in [7, 11) is 3.19. The molecule has 0 atom stereocenters. The van der Waals surface area contributed by atoms with Gasteiger partial charge in [-0.2, -0.15) is 0 Å². The topological polar surface area (TPSA) is 63.2 Å². The van der Waals surface area contributed by atoms with E-state index in [2.05, 4.69) is 10.4 Å². The van der Waals surface area contributed by atoms with Crippen LogP contribution in [0.2, 0.25) is 0 Å². The summed E-state index contributed by atoms with van der Waals surface area (Å²) >= 11 is 0. The third-order valence-corrected chi connectivity index (χ3v) is 4.02. The quantitative estimate of drug-likeness (QED) is 0.894. The van der Waals surface area contributed by atoms with Crippen LogP contribution in [0.3, 0.4) is 0 Å². The average Bonchev–Trinajstić information content (AvgIpc) is 3.14. The molecule has 0 spiro atoms. The molecular weight excluding hydrogens is 337 g/mol. The third kappa shape index (κ3) is 4.11. The summed E-state index contributed by atoms with van der Waals surface area (Å²) in [6, 6.07) is 11.2. The van der Waals surface area contributed by atoms with Crippen LogP contribution in [-0.2, 0) is 6.54 Å². The van der Waals surface area contributed by atoms with E-state index in [1.54, 1.807) is 26.4 Å². The Labute approximate surface area is 151 Å². The van der Waals surface area contributed by atoms with Crippen LogP contribution in [0.4, 0.5) is 4.39 Å². The van der Waals surface area contributed by atoms with Crippen LogP contribution in [0.15, 0.2) is 47.5 Å². The molecule has 26 heavy (non-hydrogen) atoms. The van der Waals surface area contributed by atoms with E-state index in [-0.39, 0.29) is 5.91 Å². The Bertz CT molecular complexity index is 816. The van der Waals surface area contributed by atoms with E-state index in [0.29, 0.717) is 42.4 Å². The van der Waals surface area contributed by atoms with E-state index in [4.69, 9.17) is 9.47 Å². The monoisotopic (exact) mass is 357 g/mol. The van der Waals surface area contributed by atoms with Crippen LogP contribution in [0.1, 0.15) is 22.3 Å². The minimum atomic E-state index is -0.434. The van der Waals surface area contributed by atoms with Gasteiger partial charge >= 0.3 is 0 Å². The summed E-state index contributed by atoms with van der Waals surface area (Å²) < 4.78 is 23.8. The highest BCUT2D eigenvalue weighted by molar-refractivity contribution is 5.97. The summed E-state index contributed by atoms with van der Waals surface area (Å²) in [6.07, 6.45) is 0.613. The highest BCUT2D eigenvalue weighted by atomic mass is 19.1. The third-order valence-electron chi connectivity index (χ3n) is 4.02. The van der Waals surface area contributed by atoms with Crippen molar-refractivity contribution in [1.29, 1.82) is 0 Å². The number of hydrazine groups is 1. The number of amidine groups is 1. The van der Waals surface area contributed by atoms with Gasteiger partial charge in [-0.1, -0.05) is 6.07 Å². The zero-order valence-corrected chi connectivity index (χ0v) is 14.7. The number of aliphatic imine (C=N–C) groups is 1. The first-order valence-corrected chi connectivity index (χ1v) is 8.18. The van der Waals surface area contributed by atoms with Crippen molar-refractivity contribution in [3.05, 3.63) is 59.4 Å². The number of rotatable bonds is 5. The number of halogens is 1. The second-order valence-electron chi connectivity index (χ2n) is 5.81. The van der Waals surface area contributed by atoms with E-state index in [0.717, 1.165) is 5.56 Å². The van der Waals surface area contributed by atoms with Crippen LogP contribution in [0, 0.1) is 5.82 Å². The number of carbonyl (C=O) groups is 1. The van der Waals surface area contributed by atoms with Gasteiger partial charge in [0, 0.05) is 24.6 Å². The van der Waals surface area contributed by atoms with Gasteiger partial charge in [0.2, 0.25) is 0 Å². The van der Waals surface area contributed by atoms with E-state index in [1.165, 1.54) is 23.2 Å². The predicted octanol–water partition coefficient (Wildman–Crippen LogP) is 2.79. The Morgan fingerprint density at radius 2 is 1.92 bits per heavy atom. The summed E-state index contributed by atoms with van der Waals surface area (Å²) in [4.78, 5) is 16.9. The fourth-order valence-corrected chi connectivity index (χ4v) is 2.67. The lowest BCUT2D eigenvalue weighted by atomic mass is 10.2. The number of methoxy groups -OCH3 is 2. The van der Waals surface area contributed by atoms with Crippen molar-refractivity contribution in [3.63, 3.8) is 0 Å². The number of hydrogen-bond acceptors (Lipinski definition) is 4. The fourth-order valence-electron chi connectivity index (χ4n) is 2.67. The van der Waals surface area contributed by atoms with Crippen molar-refractivity contribution in [2.75, 3.05) is 20.8 Å². The number of nitrogens with zero attached hydrogens (tertiary/aromatic N) is 2. The molecule has 6 nitrogen and oxygen atoms in total. The zero-order chi connectivity index (χ0) is 18.5. The molecule has 2 aromatic carbocycles. The smallest absolute Gasteiger partial charge is 0.272 e. The van der Waals surface area contributed by atoms with Crippen LogP contribution in [0.5, 0.6) is 11.5 Å². The van der Waals surface area contributed by atoms with Gasteiger partial charge in [0.25, 0.3) is 5.91 Å². The Balaban J connectivity index is 1.66. The zero-order valence-electron chi connectivity index (χ0n) is 14.7. The lowest BCUT2D eigenvalue weighted by Crippen LogP contribution is -2.38. The Hall–Kier alpha value is -3.09. The van der Waals surface area contributed by atoms with Gasteiger partial charge in [0.05, 0.1) is 20.8 Å². The molecule has 1 fully saturated rings. The van der Waals surface area contributed by atoms with Crippen LogP contribution < -0.4 is 14.9 Å². The fraction of sp³-hybridized carbons (Fsp3) is 0.263. The Morgan fingerprint density at radius 3 is 2.58 bits per heavy atom. The van der Waals surface area contributed by atoms with Gasteiger partial charge in [0.1, 0.15) is 23.2 Å². The van der Waals surface area contributed by atoms with Crippen molar-refractivity contribution in [1.82, 2.24) is 10.4 Å². The highest BCUT2D eigenvalue weighted by Gasteiger charge is 2.23. The molecule has 1 N–H and O–H groups in total. The first kappa shape index (κ1) is 17.7. The van der Waals surface area contributed by atoms with Crippen molar-refractivity contribution in [2.24, 2.45) is 4.99 Å². The van der Waals surface area contributed by atoms with Crippen LogP contribution in [0.25, 0.3) is 0 Å². The molecule has 1 aliphatic heterocycles. The predicted molar refractivity (Wildman–Crippen MR) is 95.9 cm³/mol. The number of carbonyl (C=O) groups excluding carboxylic acids is 1. The number of benzene rings is 2. The maximum absolute atomic E-state index is 13.3. The molecule has 7 heteroatoms. The highest BCUT2D eigenvalue weighted by Crippen LogP contribution is 2.23. The molecule has 0 bridgehead atoms. The molecule has 0 aliphatic carbocycles. The summed E-state index contributed by atoms with van der Waals surface area (Å²) in [6.45, 7) is 0.910. The molecule has 0 radical (unpaired) electrons. The Morgan fingerprint density at radius 1 is 1.19 bits per heavy atom. The van der Waals surface area contributed by atoms with E-state index >= 15 is 0 Å². The van der Waals surface area contributed by atoms with Crippen LogP contribution >= 0.6 is 0 Å².